The molecule has 0 bridgehead atoms. The number of rotatable bonds is 6. The highest BCUT2D eigenvalue weighted by molar-refractivity contribution is 5.98. The van der Waals surface area contributed by atoms with Crippen LogP contribution in [0.5, 0.6) is 11.5 Å². The number of aliphatic hydroxyl groups is 1. The fraction of sp³-hybridized carbons (Fsp3) is 0.391. The number of ketones is 1. The van der Waals surface area contributed by atoms with Gasteiger partial charge in [0.1, 0.15) is 18.1 Å². The van der Waals surface area contributed by atoms with Gasteiger partial charge in [-0.1, -0.05) is 12.1 Å². The molecule has 2 aromatic rings. The van der Waals surface area contributed by atoms with E-state index >= 15 is 0 Å². The Hall–Kier alpha value is -3.10. The third-order valence-corrected chi connectivity index (χ3v) is 5.55. The fourth-order valence-electron chi connectivity index (χ4n) is 3.83. The zero-order chi connectivity index (χ0) is 21.8. The first-order valence-corrected chi connectivity index (χ1v) is 10.3. The number of benzene rings is 2. The second-order valence-corrected chi connectivity index (χ2v) is 7.54. The summed E-state index contributed by atoms with van der Waals surface area (Å²) in [5, 5.41) is 9.24. The lowest BCUT2D eigenvalue weighted by atomic mass is 10.1. The molecular formula is C23H26N2O6. The molecule has 1 saturated heterocycles. The highest BCUT2D eigenvalue weighted by Crippen LogP contribution is 2.36. The summed E-state index contributed by atoms with van der Waals surface area (Å²) >= 11 is 0. The minimum absolute atomic E-state index is 0.0656. The Kier molecular flexibility index (Phi) is 6.39. The Bertz CT molecular complexity index is 940. The SMILES string of the molecule is COc1ccc(CN2CC(C(=O)N3CCOCC3)Oc3ccc(C(=O)CO)cc32)cc1. The van der Waals surface area contributed by atoms with Gasteiger partial charge in [-0.3, -0.25) is 9.59 Å². The molecule has 0 saturated carbocycles. The van der Waals surface area contributed by atoms with E-state index in [9.17, 15) is 14.7 Å². The summed E-state index contributed by atoms with van der Waals surface area (Å²) in [7, 11) is 1.62. The molecule has 8 heteroatoms. The molecule has 1 N–H and O–H groups in total. The van der Waals surface area contributed by atoms with Crippen LogP contribution in [0, 0.1) is 0 Å². The van der Waals surface area contributed by atoms with Crippen LogP contribution < -0.4 is 14.4 Å². The van der Waals surface area contributed by atoms with Crippen molar-refractivity contribution in [1.82, 2.24) is 4.90 Å². The van der Waals surface area contributed by atoms with Gasteiger partial charge in [0.05, 0.1) is 32.6 Å². The molecule has 8 nitrogen and oxygen atoms in total. The Morgan fingerprint density at radius 3 is 2.55 bits per heavy atom. The molecule has 1 amide bonds. The number of anilines is 1. The quantitative estimate of drug-likeness (QED) is 0.701. The fourth-order valence-corrected chi connectivity index (χ4v) is 3.83. The van der Waals surface area contributed by atoms with E-state index in [1.165, 1.54) is 0 Å². The Morgan fingerprint density at radius 1 is 1.13 bits per heavy atom. The van der Waals surface area contributed by atoms with E-state index in [-0.39, 0.29) is 11.7 Å². The number of Topliss-reactive ketones (excluding diaryl/α,β-unsaturated/α-hetero) is 1. The molecule has 2 heterocycles. The predicted molar refractivity (Wildman–Crippen MR) is 114 cm³/mol. The number of ether oxygens (including phenoxy) is 3. The number of nitrogens with zero attached hydrogens (tertiary/aromatic N) is 2. The molecule has 0 aliphatic carbocycles. The Labute approximate surface area is 180 Å². The van der Waals surface area contributed by atoms with Gasteiger partial charge in [0, 0.05) is 25.2 Å². The van der Waals surface area contributed by atoms with Crippen LogP contribution in [0.1, 0.15) is 15.9 Å². The van der Waals surface area contributed by atoms with E-state index in [2.05, 4.69) is 0 Å². The second kappa shape index (κ2) is 9.36. The standard InChI is InChI=1S/C23H26N2O6/c1-29-18-5-2-16(3-6-18)13-25-14-22(23(28)24-8-10-30-11-9-24)31-21-7-4-17(12-19(21)25)20(27)15-26/h2-7,12,22,26H,8-11,13-15H2,1H3. The lowest BCUT2D eigenvalue weighted by Crippen LogP contribution is -2.52. The maximum atomic E-state index is 13.1. The highest BCUT2D eigenvalue weighted by Gasteiger charge is 2.34. The molecule has 1 atom stereocenters. The third-order valence-electron chi connectivity index (χ3n) is 5.55. The molecule has 164 valence electrons. The van der Waals surface area contributed by atoms with Gasteiger partial charge in [0.2, 0.25) is 0 Å². The van der Waals surface area contributed by atoms with Crippen molar-refractivity contribution in [2.24, 2.45) is 0 Å². The van der Waals surface area contributed by atoms with Crippen molar-refractivity contribution >= 4 is 17.4 Å². The third kappa shape index (κ3) is 4.65. The molecule has 1 unspecified atom stereocenters. The molecule has 4 rings (SSSR count). The van der Waals surface area contributed by atoms with Crippen LogP contribution in [0.3, 0.4) is 0 Å². The summed E-state index contributed by atoms with van der Waals surface area (Å²) in [6, 6.07) is 12.7. The van der Waals surface area contributed by atoms with Crippen molar-refractivity contribution in [3.05, 3.63) is 53.6 Å². The molecule has 1 fully saturated rings. The number of fused-ring (bicyclic) bond motifs is 1. The monoisotopic (exact) mass is 426 g/mol. The topological polar surface area (TPSA) is 88.5 Å². The number of amides is 1. The van der Waals surface area contributed by atoms with Crippen LogP contribution in [0.2, 0.25) is 0 Å². The van der Waals surface area contributed by atoms with Gasteiger partial charge in [0.15, 0.2) is 11.9 Å². The number of carbonyl (C=O) groups is 2. The minimum Gasteiger partial charge on any atom is -0.497 e. The zero-order valence-corrected chi connectivity index (χ0v) is 17.5. The first-order chi connectivity index (χ1) is 15.1. The normalized spacial score (nSPS) is 18.2. The van der Waals surface area contributed by atoms with Crippen molar-refractivity contribution in [3.63, 3.8) is 0 Å². The minimum atomic E-state index is -0.650. The average Bonchev–Trinajstić information content (AvgIpc) is 2.83. The van der Waals surface area contributed by atoms with Gasteiger partial charge < -0.3 is 29.1 Å². The van der Waals surface area contributed by atoms with E-state index in [0.29, 0.717) is 50.7 Å². The van der Waals surface area contributed by atoms with Gasteiger partial charge in [0.25, 0.3) is 5.91 Å². The molecule has 0 aromatic heterocycles. The highest BCUT2D eigenvalue weighted by atomic mass is 16.5. The molecule has 2 aliphatic heterocycles. The van der Waals surface area contributed by atoms with Crippen LogP contribution in [0.25, 0.3) is 0 Å². The van der Waals surface area contributed by atoms with E-state index < -0.39 is 12.7 Å². The lowest BCUT2D eigenvalue weighted by Gasteiger charge is -2.38. The molecular weight excluding hydrogens is 400 g/mol. The smallest absolute Gasteiger partial charge is 0.265 e. The maximum absolute atomic E-state index is 13.1. The zero-order valence-electron chi connectivity index (χ0n) is 17.5. The first-order valence-electron chi connectivity index (χ1n) is 10.3. The van der Waals surface area contributed by atoms with Gasteiger partial charge in [-0.2, -0.15) is 0 Å². The number of morpholine rings is 1. The van der Waals surface area contributed by atoms with E-state index in [0.717, 1.165) is 17.0 Å². The van der Waals surface area contributed by atoms with Crippen LogP contribution in [0.15, 0.2) is 42.5 Å². The van der Waals surface area contributed by atoms with Crippen LogP contribution in [-0.4, -0.2) is 74.4 Å². The largest absolute Gasteiger partial charge is 0.497 e. The summed E-state index contributed by atoms with van der Waals surface area (Å²) in [4.78, 5) is 28.9. The first kappa shape index (κ1) is 21.1. The summed E-state index contributed by atoms with van der Waals surface area (Å²) in [6.45, 7) is 2.47. The summed E-state index contributed by atoms with van der Waals surface area (Å²) < 4.78 is 16.6. The van der Waals surface area contributed by atoms with Crippen molar-refractivity contribution in [2.45, 2.75) is 12.6 Å². The van der Waals surface area contributed by atoms with Gasteiger partial charge in [-0.25, -0.2) is 0 Å². The number of methoxy groups -OCH3 is 1. The van der Waals surface area contributed by atoms with Crippen LogP contribution in [-0.2, 0) is 16.1 Å². The predicted octanol–water partition coefficient (Wildman–Crippen LogP) is 1.50. The molecule has 2 aromatic carbocycles. The van der Waals surface area contributed by atoms with Crippen LogP contribution >= 0.6 is 0 Å². The average molecular weight is 426 g/mol. The molecule has 31 heavy (non-hydrogen) atoms. The lowest BCUT2D eigenvalue weighted by molar-refractivity contribution is -0.142. The number of hydrogen-bond acceptors (Lipinski definition) is 7. The summed E-state index contributed by atoms with van der Waals surface area (Å²) in [5.74, 6) is 0.881. The van der Waals surface area contributed by atoms with Gasteiger partial charge >= 0.3 is 0 Å². The van der Waals surface area contributed by atoms with Crippen molar-refractivity contribution in [2.75, 3.05) is 51.5 Å². The molecule has 0 spiro atoms. The number of hydrogen-bond donors (Lipinski definition) is 1. The van der Waals surface area contributed by atoms with Gasteiger partial charge in [-0.15, -0.1) is 0 Å². The second-order valence-electron chi connectivity index (χ2n) is 7.54. The number of carbonyl (C=O) groups excluding carboxylic acids is 2. The van der Waals surface area contributed by atoms with Crippen molar-refractivity contribution in [3.8, 4) is 11.5 Å². The van der Waals surface area contributed by atoms with E-state index in [1.807, 2.05) is 29.2 Å². The van der Waals surface area contributed by atoms with E-state index in [1.54, 1.807) is 30.2 Å². The van der Waals surface area contributed by atoms with Crippen molar-refractivity contribution < 1.29 is 28.9 Å². The van der Waals surface area contributed by atoms with Gasteiger partial charge in [-0.05, 0) is 35.9 Å². The summed E-state index contributed by atoms with van der Waals surface area (Å²) in [6.07, 6.45) is -0.650. The Balaban J connectivity index is 1.62. The number of aliphatic hydroxyl groups excluding tert-OH is 1. The molecule has 0 radical (unpaired) electrons. The Morgan fingerprint density at radius 2 is 1.87 bits per heavy atom. The molecule has 2 aliphatic rings. The van der Waals surface area contributed by atoms with E-state index in [4.69, 9.17) is 14.2 Å². The van der Waals surface area contributed by atoms with Crippen molar-refractivity contribution in [1.29, 1.82) is 0 Å². The summed E-state index contributed by atoms with van der Waals surface area (Å²) in [5.41, 5.74) is 2.16. The van der Waals surface area contributed by atoms with Crippen LogP contribution in [0.4, 0.5) is 5.69 Å². The maximum Gasteiger partial charge on any atom is 0.265 e.